The van der Waals surface area contributed by atoms with Crippen molar-refractivity contribution in [1.82, 2.24) is 0 Å². The van der Waals surface area contributed by atoms with Crippen LogP contribution in [-0.2, 0) is 6.42 Å². The fraction of sp³-hybridized carbons (Fsp3) is 0.0588. The first-order valence-corrected chi connectivity index (χ1v) is 6.01. The molecule has 2 rings (SSSR count). The van der Waals surface area contributed by atoms with Crippen LogP contribution in [0.1, 0.15) is 5.56 Å². The van der Waals surface area contributed by atoms with Crippen LogP contribution < -0.4 is 5.73 Å². The first-order valence-electron chi connectivity index (χ1n) is 6.01. The van der Waals surface area contributed by atoms with Gasteiger partial charge >= 0.3 is 0 Å². The van der Waals surface area contributed by atoms with E-state index in [9.17, 15) is 0 Å². The Labute approximate surface area is 108 Å². The molecule has 0 amide bonds. The van der Waals surface area contributed by atoms with E-state index in [-0.39, 0.29) is 0 Å². The lowest BCUT2D eigenvalue weighted by Crippen LogP contribution is -2.01. The Balaban J connectivity index is 2.29. The summed E-state index contributed by atoms with van der Waals surface area (Å²) < 4.78 is 0. The monoisotopic (exact) mass is 235 g/mol. The van der Waals surface area contributed by atoms with Crippen molar-refractivity contribution in [3.8, 4) is 0 Å². The van der Waals surface area contributed by atoms with Crippen LogP contribution in [0.25, 0.3) is 10.8 Å². The molecule has 2 aromatic carbocycles. The maximum atomic E-state index is 6.01. The quantitative estimate of drug-likeness (QED) is 0.797. The van der Waals surface area contributed by atoms with Crippen molar-refractivity contribution in [3.05, 3.63) is 84.6 Å². The number of hydrogen-bond donors (Lipinski definition) is 1. The summed E-state index contributed by atoms with van der Waals surface area (Å²) in [6.07, 6.45) is 8.21. The van der Waals surface area contributed by atoms with E-state index in [0.717, 1.165) is 12.1 Å². The van der Waals surface area contributed by atoms with Crippen LogP contribution in [0.5, 0.6) is 0 Å². The van der Waals surface area contributed by atoms with E-state index in [0.29, 0.717) is 0 Å². The van der Waals surface area contributed by atoms with Gasteiger partial charge in [-0.1, -0.05) is 67.3 Å². The predicted octanol–water partition coefficient (Wildman–Crippen LogP) is 3.97. The van der Waals surface area contributed by atoms with Crippen molar-refractivity contribution in [2.75, 3.05) is 0 Å². The highest BCUT2D eigenvalue weighted by atomic mass is 14.6. The van der Waals surface area contributed by atoms with Crippen LogP contribution in [0.2, 0.25) is 0 Å². The fourth-order valence-electron chi connectivity index (χ4n) is 1.98. The smallest absolute Gasteiger partial charge is 0.0127 e. The average Bonchev–Trinajstić information content (AvgIpc) is 2.39. The standard InChI is InChI=1S/C17H17N/c1-2-3-4-11-16(18)13-15-10-7-9-14-8-5-6-12-17(14)15/h2-12H,1,13,18H2/b4-3-,16-11+. The van der Waals surface area contributed by atoms with Crippen LogP contribution in [-0.4, -0.2) is 0 Å². The second-order valence-corrected chi connectivity index (χ2v) is 4.18. The molecular formula is C17H17N. The Hall–Kier alpha value is -2.28. The number of nitrogens with two attached hydrogens (primary N) is 1. The molecular weight excluding hydrogens is 218 g/mol. The first-order chi connectivity index (χ1) is 8.81. The highest BCUT2D eigenvalue weighted by molar-refractivity contribution is 5.85. The maximum absolute atomic E-state index is 6.01. The molecule has 90 valence electrons. The molecule has 0 saturated heterocycles. The molecule has 0 spiro atoms. The molecule has 2 aromatic rings. The van der Waals surface area contributed by atoms with E-state index in [1.807, 2.05) is 18.2 Å². The van der Waals surface area contributed by atoms with E-state index in [2.05, 4.69) is 49.0 Å². The van der Waals surface area contributed by atoms with Gasteiger partial charge in [-0.05, 0) is 22.4 Å². The van der Waals surface area contributed by atoms with Gasteiger partial charge in [-0.2, -0.15) is 0 Å². The summed E-state index contributed by atoms with van der Waals surface area (Å²) in [7, 11) is 0. The summed E-state index contributed by atoms with van der Waals surface area (Å²) in [5.74, 6) is 0. The summed E-state index contributed by atoms with van der Waals surface area (Å²) in [6, 6.07) is 14.7. The fourth-order valence-corrected chi connectivity index (χ4v) is 1.98. The molecule has 0 bridgehead atoms. The molecule has 0 aliphatic rings. The third kappa shape index (κ3) is 2.89. The van der Waals surface area contributed by atoms with Crippen LogP contribution in [0, 0.1) is 0 Å². The number of benzene rings is 2. The molecule has 0 aromatic heterocycles. The minimum absolute atomic E-state index is 0.767. The number of rotatable bonds is 4. The molecule has 0 aliphatic heterocycles. The lowest BCUT2D eigenvalue weighted by atomic mass is 10.0. The van der Waals surface area contributed by atoms with Gasteiger partial charge in [0.2, 0.25) is 0 Å². The largest absolute Gasteiger partial charge is 0.402 e. The SMILES string of the molecule is C=C/C=C\C=C(\N)Cc1cccc2ccccc12. The summed E-state index contributed by atoms with van der Waals surface area (Å²) in [5, 5.41) is 2.52. The molecule has 0 unspecified atom stereocenters. The molecule has 0 fully saturated rings. The summed E-state index contributed by atoms with van der Waals surface area (Å²) >= 11 is 0. The number of hydrogen-bond acceptors (Lipinski definition) is 1. The first kappa shape index (κ1) is 12.2. The highest BCUT2D eigenvalue weighted by Gasteiger charge is 2.00. The van der Waals surface area contributed by atoms with Crippen molar-refractivity contribution < 1.29 is 0 Å². The van der Waals surface area contributed by atoms with E-state index in [4.69, 9.17) is 5.73 Å². The lowest BCUT2D eigenvalue weighted by Gasteiger charge is -2.06. The molecule has 18 heavy (non-hydrogen) atoms. The second kappa shape index (κ2) is 5.87. The van der Waals surface area contributed by atoms with Gasteiger partial charge in [0.25, 0.3) is 0 Å². The predicted molar refractivity (Wildman–Crippen MR) is 79.3 cm³/mol. The molecule has 1 nitrogen and oxygen atoms in total. The zero-order valence-electron chi connectivity index (χ0n) is 10.3. The van der Waals surface area contributed by atoms with Crippen LogP contribution >= 0.6 is 0 Å². The van der Waals surface area contributed by atoms with Gasteiger partial charge in [-0.15, -0.1) is 0 Å². The van der Waals surface area contributed by atoms with Crippen molar-refractivity contribution in [3.63, 3.8) is 0 Å². The van der Waals surface area contributed by atoms with E-state index in [1.54, 1.807) is 6.08 Å². The molecule has 0 radical (unpaired) electrons. The number of allylic oxidation sites excluding steroid dienone is 5. The van der Waals surface area contributed by atoms with E-state index in [1.165, 1.54) is 16.3 Å². The van der Waals surface area contributed by atoms with Gasteiger partial charge in [0.1, 0.15) is 0 Å². The topological polar surface area (TPSA) is 26.0 Å². The average molecular weight is 235 g/mol. The van der Waals surface area contributed by atoms with Gasteiger partial charge in [0.05, 0.1) is 0 Å². The van der Waals surface area contributed by atoms with E-state index >= 15 is 0 Å². The van der Waals surface area contributed by atoms with Crippen LogP contribution in [0.4, 0.5) is 0 Å². The maximum Gasteiger partial charge on any atom is 0.0127 e. The summed E-state index contributed by atoms with van der Waals surface area (Å²) in [6.45, 7) is 3.63. The minimum Gasteiger partial charge on any atom is -0.402 e. The third-order valence-electron chi connectivity index (χ3n) is 2.83. The zero-order valence-corrected chi connectivity index (χ0v) is 10.3. The normalized spacial score (nSPS) is 12.1. The van der Waals surface area contributed by atoms with Gasteiger partial charge in [-0.25, -0.2) is 0 Å². The van der Waals surface area contributed by atoms with Crippen molar-refractivity contribution in [2.45, 2.75) is 6.42 Å². The molecule has 0 heterocycles. The Morgan fingerprint density at radius 1 is 1.06 bits per heavy atom. The van der Waals surface area contributed by atoms with E-state index < -0.39 is 0 Å². The Morgan fingerprint density at radius 2 is 1.83 bits per heavy atom. The number of fused-ring (bicyclic) bond motifs is 1. The molecule has 1 heteroatoms. The van der Waals surface area contributed by atoms with Gasteiger partial charge in [0.15, 0.2) is 0 Å². The van der Waals surface area contributed by atoms with Crippen molar-refractivity contribution in [2.24, 2.45) is 5.73 Å². The lowest BCUT2D eigenvalue weighted by molar-refractivity contribution is 1.12. The highest BCUT2D eigenvalue weighted by Crippen LogP contribution is 2.19. The Bertz CT molecular complexity index is 601. The molecule has 0 saturated carbocycles. The molecule has 0 aliphatic carbocycles. The summed E-state index contributed by atoms with van der Waals surface area (Å²) in [4.78, 5) is 0. The second-order valence-electron chi connectivity index (χ2n) is 4.18. The summed E-state index contributed by atoms with van der Waals surface area (Å²) in [5.41, 5.74) is 8.12. The van der Waals surface area contributed by atoms with Crippen molar-refractivity contribution >= 4 is 10.8 Å². The van der Waals surface area contributed by atoms with Gasteiger partial charge < -0.3 is 5.73 Å². The van der Waals surface area contributed by atoms with Crippen LogP contribution in [0.3, 0.4) is 0 Å². The minimum atomic E-state index is 0.767. The Kier molecular flexibility index (Phi) is 3.98. The van der Waals surface area contributed by atoms with Crippen LogP contribution in [0.15, 0.2) is 79.0 Å². The molecule has 0 atom stereocenters. The van der Waals surface area contributed by atoms with Gasteiger partial charge in [-0.3, -0.25) is 0 Å². The van der Waals surface area contributed by atoms with Crippen molar-refractivity contribution in [1.29, 1.82) is 0 Å². The molecule has 2 N–H and O–H groups in total. The Morgan fingerprint density at radius 3 is 2.67 bits per heavy atom. The van der Waals surface area contributed by atoms with Gasteiger partial charge in [0, 0.05) is 12.1 Å². The third-order valence-corrected chi connectivity index (χ3v) is 2.83. The zero-order chi connectivity index (χ0) is 12.8.